The van der Waals surface area contributed by atoms with Crippen LogP contribution >= 0.6 is 0 Å². The number of rotatable bonds is 4. The van der Waals surface area contributed by atoms with Gasteiger partial charge < -0.3 is 9.80 Å². The average Bonchev–Trinajstić information content (AvgIpc) is 3.29. The number of aromatic nitrogens is 2. The molecule has 1 aliphatic rings. The Morgan fingerprint density at radius 2 is 1.56 bits per heavy atom. The number of amides is 1. The lowest BCUT2D eigenvalue weighted by molar-refractivity contribution is 0.0988. The predicted molar refractivity (Wildman–Crippen MR) is 108 cm³/mol. The van der Waals surface area contributed by atoms with E-state index in [-0.39, 0.29) is 5.91 Å². The van der Waals surface area contributed by atoms with Gasteiger partial charge in [0.2, 0.25) is 0 Å². The minimum Gasteiger partial charge on any atom is -0.356 e. The summed E-state index contributed by atoms with van der Waals surface area (Å²) in [6.45, 7) is 1.93. The van der Waals surface area contributed by atoms with Crippen LogP contribution in [0.4, 0.5) is 11.5 Å². The van der Waals surface area contributed by atoms with Crippen LogP contribution in [0.3, 0.4) is 0 Å². The van der Waals surface area contributed by atoms with Gasteiger partial charge in [-0.25, -0.2) is 9.97 Å². The molecular formula is C22H22N4O. The largest absolute Gasteiger partial charge is 0.356 e. The highest BCUT2D eigenvalue weighted by Crippen LogP contribution is 2.24. The molecule has 1 aliphatic heterocycles. The molecule has 0 unspecified atom stereocenters. The fourth-order valence-electron chi connectivity index (χ4n) is 3.31. The Balaban J connectivity index is 1.74. The number of carbonyl (C=O) groups is 1. The topological polar surface area (TPSA) is 49.3 Å². The van der Waals surface area contributed by atoms with Crippen molar-refractivity contribution in [2.24, 2.45) is 0 Å². The molecule has 2 aromatic carbocycles. The van der Waals surface area contributed by atoms with E-state index in [4.69, 9.17) is 4.98 Å². The van der Waals surface area contributed by atoms with Crippen molar-refractivity contribution >= 4 is 17.4 Å². The summed E-state index contributed by atoms with van der Waals surface area (Å²) in [6, 6.07) is 21.2. The highest BCUT2D eigenvalue weighted by atomic mass is 16.2. The van der Waals surface area contributed by atoms with Crippen LogP contribution in [0.5, 0.6) is 0 Å². The molecule has 0 radical (unpaired) electrons. The number of benzene rings is 2. The zero-order chi connectivity index (χ0) is 18.6. The Hall–Kier alpha value is -3.21. The van der Waals surface area contributed by atoms with Crippen LogP contribution in [0.2, 0.25) is 0 Å². The van der Waals surface area contributed by atoms with Crippen molar-refractivity contribution in [3.8, 4) is 11.4 Å². The number of hydrogen-bond donors (Lipinski definition) is 0. The molecule has 0 saturated carbocycles. The summed E-state index contributed by atoms with van der Waals surface area (Å²) in [5, 5.41) is 0. The van der Waals surface area contributed by atoms with Crippen molar-refractivity contribution < 1.29 is 4.79 Å². The van der Waals surface area contributed by atoms with Crippen molar-refractivity contribution in [3.63, 3.8) is 0 Å². The second-order valence-corrected chi connectivity index (χ2v) is 6.69. The SMILES string of the molecule is CN(C(=O)c1cc(N2CCCC2)nc(-c2ccccc2)n1)c1ccccc1. The van der Waals surface area contributed by atoms with Crippen LogP contribution in [-0.2, 0) is 0 Å². The van der Waals surface area contributed by atoms with Gasteiger partial charge in [-0.2, -0.15) is 0 Å². The maximum Gasteiger partial charge on any atom is 0.276 e. The molecule has 2 heterocycles. The van der Waals surface area contributed by atoms with E-state index < -0.39 is 0 Å². The third-order valence-corrected chi connectivity index (χ3v) is 4.84. The Bertz CT molecular complexity index is 922. The van der Waals surface area contributed by atoms with Gasteiger partial charge >= 0.3 is 0 Å². The molecular weight excluding hydrogens is 336 g/mol. The molecule has 0 N–H and O–H groups in total. The summed E-state index contributed by atoms with van der Waals surface area (Å²) in [7, 11) is 1.78. The van der Waals surface area contributed by atoms with Crippen molar-refractivity contribution in [1.82, 2.24) is 9.97 Å². The third-order valence-electron chi connectivity index (χ3n) is 4.84. The first kappa shape index (κ1) is 17.2. The monoisotopic (exact) mass is 358 g/mol. The normalized spacial score (nSPS) is 13.6. The summed E-state index contributed by atoms with van der Waals surface area (Å²) >= 11 is 0. The maximum absolute atomic E-state index is 13.1. The number of anilines is 2. The molecule has 4 rings (SSSR count). The van der Waals surface area contributed by atoms with Crippen molar-refractivity contribution in [1.29, 1.82) is 0 Å². The van der Waals surface area contributed by atoms with Gasteiger partial charge in [-0.05, 0) is 25.0 Å². The van der Waals surface area contributed by atoms with Gasteiger partial charge in [0.15, 0.2) is 5.82 Å². The average molecular weight is 358 g/mol. The van der Waals surface area contributed by atoms with E-state index in [0.717, 1.165) is 43.0 Å². The second-order valence-electron chi connectivity index (χ2n) is 6.69. The van der Waals surface area contributed by atoms with E-state index in [1.165, 1.54) is 0 Å². The van der Waals surface area contributed by atoms with Gasteiger partial charge in [0, 0.05) is 37.5 Å². The smallest absolute Gasteiger partial charge is 0.276 e. The molecule has 0 bridgehead atoms. The zero-order valence-electron chi connectivity index (χ0n) is 15.4. The van der Waals surface area contributed by atoms with E-state index in [2.05, 4.69) is 9.88 Å². The molecule has 136 valence electrons. The summed E-state index contributed by atoms with van der Waals surface area (Å²) in [5.74, 6) is 1.28. The lowest BCUT2D eigenvalue weighted by atomic mass is 10.2. The highest BCUT2D eigenvalue weighted by molar-refractivity contribution is 6.05. The molecule has 0 spiro atoms. The quantitative estimate of drug-likeness (QED) is 0.707. The summed E-state index contributed by atoms with van der Waals surface area (Å²) < 4.78 is 0. The molecule has 1 amide bonds. The standard InChI is InChI=1S/C22H22N4O/c1-25(18-12-6-3-7-13-18)22(27)19-16-20(26-14-8-9-15-26)24-21(23-19)17-10-4-2-5-11-17/h2-7,10-13,16H,8-9,14-15H2,1H3. The van der Waals surface area contributed by atoms with Crippen molar-refractivity contribution in [2.45, 2.75) is 12.8 Å². The second kappa shape index (κ2) is 7.58. The number of hydrogen-bond acceptors (Lipinski definition) is 4. The minimum absolute atomic E-state index is 0.138. The van der Waals surface area contributed by atoms with Crippen LogP contribution in [0.25, 0.3) is 11.4 Å². The molecule has 3 aromatic rings. The molecule has 1 saturated heterocycles. The van der Waals surface area contributed by atoms with E-state index >= 15 is 0 Å². The fraction of sp³-hybridized carbons (Fsp3) is 0.227. The van der Waals surface area contributed by atoms with Crippen LogP contribution in [0.15, 0.2) is 66.7 Å². The van der Waals surface area contributed by atoms with Gasteiger partial charge in [0.05, 0.1) is 0 Å². The summed E-state index contributed by atoms with van der Waals surface area (Å²) in [5.41, 5.74) is 2.16. The molecule has 1 fully saturated rings. The zero-order valence-corrected chi connectivity index (χ0v) is 15.4. The van der Waals surface area contributed by atoms with Crippen LogP contribution in [-0.4, -0.2) is 36.0 Å². The lowest BCUT2D eigenvalue weighted by Crippen LogP contribution is -2.28. The highest BCUT2D eigenvalue weighted by Gasteiger charge is 2.21. The molecule has 0 atom stereocenters. The van der Waals surface area contributed by atoms with E-state index in [9.17, 15) is 4.79 Å². The molecule has 1 aromatic heterocycles. The fourth-order valence-corrected chi connectivity index (χ4v) is 3.31. The molecule has 5 heteroatoms. The van der Waals surface area contributed by atoms with Crippen molar-refractivity contribution in [2.75, 3.05) is 29.9 Å². The number of nitrogens with zero attached hydrogens (tertiary/aromatic N) is 4. The van der Waals surface area contributed by atoms with Gasteiger partial charge in [0.25, 0.3) is 5.91 Å². The Kier molecular flexibility index (Phi) is 4.83. The van der Waals surface area contributed by atoms with Gasteiger partial charge in [-0.1, -0.05) is 48.5 Å². The van der Waals surface area contributed by atoms with Crippen molar-refractivity contribution in [3.05, 3.63) is 72.4 Å². The first-order chi connectivity index (χ1) is 13.2. The maximum atomic E-state index is 13.1. The lowest BCUT2D eigenvalue weighted by Gasteiger charge is -2.20. The van der Waals surface area contributed by atoms with Crippen LogP contribution < -0.4 is 9.80 Å². The summed E-state index contributed by atoms with van der Waals surface area (Å²) in [6.07, 6.45) is 2.30. The molecule has 5 nitrogen and oxygen atoms in total. The first-order valence-electron chi connectivity index (χ1n) is 9.25. The van der Waals surface area contributed by atoms with E-state index in [1.807, 2.05) is 66.7 Å². The van der Waals surface area contributed by atoms with Gasteiger partial charge in [-0.15, -0.1) is 0 Å². The van der Waals surface area contributed by atoms with Gasteiger partial charge in [-0.3, -0.25) is 4.79 Å². The Morgan fingerprint density at radius 1 is 0.926 bits per heavy atom. The number of carbonyl (C=O) groups excluding carboxylic acids is 1. The first-order valence-corrected chi connectivity index (χ1v) is 9.25. The van der Waals surface area contributed by atoms with E-state index in [0.29, 0.717) is 11.5 Å². The third kappa shape index (κ3) is 3.67. The minimum atomic E-state index is -0.138. The molecule has 27 heavy (non-hydrogen) atoms. The Morgan fingerprint density at radius 3 is 2.22 bits per heavy atom. The summed E-state index contributed by atoms with van der Waals surface area (Å²) in [4.78, 5) is 26.3. The van der Waals surface area contributed by atoms with E-state index in [1.54, 1.807) is 11.9 Å². The Labute approximate surface area is 159 Å². The van der Waals surface area contributed by atoms with Crippen LogP contribution in [0.1, 0.15) is 23.3 Å². The van der Waals surface area contributed by atoms with Crippen LogP contribution in [0, 0.1) is 0 Å². The molecule has 0 aliphatic carbocycles. The number of para-hydroxylation sites is 1. The van der Waals surface area contributed by atoms with Gasteiger partial charge in [0.1, 0.15) is 11.5 Å². The predicted octanol–water partition coefficient (Wildman–Crippen LogP) is 4.02.